The maximum absolute atomic E-state index is 12.1. The summed E-state index contributed by atoms with van der Waals surface area (Å²) in [5, 5.41) is 4.99. The highest BCUT2D eigenvalue weighted by Gasteiger charge is 2.15. The van der Waals surface area contributed by atoms with Gasteiger partial charge >= 0.3 is 5.97 Å². The first-order chi connectivity index (χ1) is 15.2. The Kier molecular flexibility index (Phi) is 7.87. The van der Waals surface area contributed by atoms with Crippen molar-refractivity contribution in [1.29, 1.82) is 0 Å². The lowest BCUT2D eigenvalue weighted by Gasteiger charge is -2.22. The molecular formula is C27H32O3S. The van der Waals surface area contributed by atoms with Crippen molar-refractivity contribution in [3.05, 3.63) is 60.2 Å². The second kappa shape index (κ2) is 11.0. The number of rotatable bonds is 9. The highest BCUT2D eigenvalue weighted by Crippen LogP contribution is 2.27. The first kappa shape index (κ1) is 22.2. The minimum atomic E-state index is -0.467. The molecule has 1 aliphatic carbocycles. The summed E-state index contributed by atoms with van der Waals surface area (Å²) in [4.78, 5) is 12.1. The molecule has 0 aliphatic heterocycles. The smallest absolute Gasteiger partial charge is 0.318 e. The van der Waals surface area contributed by atoms with Gasteiger partial charge in [0.05, 0.1) is 12.4 Å². The Hall–Kier alpha value is -2.04. The number of ether oxygens (including phenoxy) is 2. The molecule has 1 fully saturated rings. The molecular weight excluding hydrogens is 404 g/mol. The topological polar surface area (TPSA) is 35.5 Å². The lowest BCUT2D eigenvalue weighted by molar-refractivity contribution is -0.172. The van der Waals surface area contributed by atoms with Gasteiger partial charge in [-0.15, -0.1) is 11.8 Å². The molecule has 1 unspecified atom stereocenters. The molecule has 0 N–H and O–H groups in total. The van der Waals surface area contributed by atoms with Gasteiger partial charge in [0, 0.05) is 5.75 Å². The third-order valence-electron chi connectivity index (χ3n) is 6.16. The van der Waals surface area contributed by atoms with Gasteiger partial charge in [-0.05, 0) is 58.5 Å². The quantitative estimate of drug-likeness (QED) is 0.203. The zero-order chi connectivity index (χ0) is 21.5. The fraction of sp³-hybridized carbons (Fsp3) is 0.444. The normalized spacial score (nSPS) is 15.9. The van der Waals surface area contributed by atoms with Crippen molar-refractivity contribution in [2.45, 2.75) is 57.5 Å². The monoisotopic (exact) mass is 436 g/mol. The summed E-state index contributed by atoms with van der Waals surface area (Å²) in [6, 6.07) is 19.4. The molecule has 4 rings (SSSR count). The van der Waals surface area contributed by atoms with Gasteiger partial charge < -0.3 is 9.47 Å². The Morgan fingerprint density at radius 2 is 1.68 bits per heavy atom. The zero-order valence-electron chi connectivity index (χ0n) is 18.3. The predicted octanol–water partition coefficient (Wildman–Crippen LogP) is 7.10. The molecule has 0 radical (unpaired) electrons. The van der Waals surface area contributed by atoms with E-state index in [1.165, 1.54) is 59.2 Å². The molecule has 0 spiro atoms. The standard InChI is InChI=1S/C27H32O3S/c1-20(29-14-13-21-7-3-2-4-8-21)30-27(28)19-31-18-22-11-12-25-16-23-9-5-6-10-24(23)17-26(25)15-22/h5-6,9-12,15-17,20-21H,2-4,7-8,13-14,18-19H2,1H3. The average Bonchev–Trinajstić information content (AvgIpc) is 2.78. The lowest BCUT2D eigenvalue weighted by atomic mass is 9.87. The van der Waals surface area contributed by atoms with Crippen molar-refractivity contribution in [2.75, 3.05) is 12.4 Å². The summed E-state index contributed by atoms with van der Waals surface area (Å²) < 4.78 is 11.1. The van der Waals surface area contributed by atoms with Crippen LogP contribution < -0.4 is 0 Å². The Labute approximate surface area is 189 Å². The molecule has 1 aliphatic rings. The van der Waals surface area contributed by atoms with Gasteiger partial charge in [0.15, 0.2) is 6.29 Å². The van der Waals surface area contributed by atoms with Crippen LogP contribution in [0.1, 0.15) is 51.0 Å². The number of benzene rings is 3. The molecule has 3 nitrogen and oxygen atoms in total. The molecule has 164 valence electrons. The van der Waals surface area contributed by atoms with Crippen molar-refractivity contribution in [3.8, 4) is 0 Å². The summed E-state index contributed by atoms with van der Waals surface area (Å²) in [6.45, 7) is 2.50. The van der Waals surface area contributed by atoms with Crippen LogP contribution in [0.3, 0.4) is 0 Å². The van der Waals surface area contributed by atoms with Crippen LogP contribution in [0.2, 0.25) is 0 Å². The summed E-state index contributed by atoms with van der Waals surface area (Å²) in [5.74, 6) is 1.70. The van der Waals surface area contributed by atoms with E-state index in [0.29, 0.717) is 12.4 Å². The maximum atomic E-state index is 12.1. The van der Waals surface area contributed by atoms with E-state index in [-0.39, 0.29) is 5.97 Å². The first-order valence-corrected chi connectivity index (χ1v) is 12.6. The number of carbonyl (C=O) groups excluding carboxylic acids is 1. The average molecular weight is 437 g/mol. The Morgan fingerprint density at radius 3 is 2.45 bits per heavy atom. The van der Waals surface area contributed by atoms with E-state index in [0.717, 1.165) is 18.1 Å². The Bertz CT molecular complexity index is 1010. The van der Waals surface area contributed by atoms with Crippen LogP contribution >= 0.6 is 11.8 Å². The highest BCUT2D eigenvalue weighted by molar-refractivity contribution is 7.99. The van der Waals surface area contributed by atoms with Crippen LogP contribution in [-0.4, -0.2) is 24.6 Å². The van der Waals surface area contributed by atoms with Gasteiger partial charge in [-0.25, -0.2) is 0 Å². The third-order valence-corrected chi connectivity index (χ3v) is 7.14. The van der Waals surface area contributed by atoms with Gasteiger partial charge in [-0.2, -0.15) is 0 Å². The van der Waals surface area contributed by atoms with Crippen molar-refractivity contribution >= 4 is 39.3 Å². The van der Waals surface area contributed by atoms with Gasteiger partial charge in [0.25, 0.3) is 0 Å². The fourth-order valence-electron chi connectivity index (χ4n) is 4.46. The molecule has 0 heterocycles. The third kappa shape index (κ3) is 6.47. The van der Waals surface area contributed by atoms with Crippen LogP contribution in [0.4, 0.5) is 0 Å². The molecule has 0 saturated heterocycles. The van der Waals surface area contributed by atoms with Gasteiger partial charge in [-0.1, -0.05) is 74.6 Å². The maximum Gasteiger partial charge on any atom is 0.318 e. The molecule has 31 heavy (non-hydrogen) atoms. The SMILES string of the molecule is CC(OCCC1CCCCC1)OC(=O)CSCc1ccc2cc3ccccc3cc2c1. The van der Waals surface area contributed by atoms with E-state index in [9.17, 15) is 4.79 Å². The molecule has 0 amide bonds. The Balaban J connectivity index is 1.19. The van der Waals surface area contributed by atoms with Crippen molar-refractivity contribution in [2.24, 2.45) is 5.92 Å². The van der Waals surface area contributed by atoms with Gasteiger partial charge in [0.2, 0.25) is 0 Å². The minimum absolute atomic E-state index is 0.207. The molecule has 1 atom stereocenters. The van der Waals surface area contributed by atoms with Crippen molar-refractivity contribution in [1.82, 2.24) is 0 Å². The highest BCUT2D eigenvalue weighted by atomic mass is 32.2. The summed E-state index contributed by atoms with van der Waals surface area (Å²) in [7, 11) is 0. The molecule has 1 saturated carbocycles. The van der Waals surface area contributed by atoms with E-state index in [1.807, 2.05) is 6.92 Å². The molecule has 0 aromatic heterocycles. The van der Waals surface area contributed by atoms with E-state index in [4.69, 9.17) is 9.47 Å². The van der Waals surface area contributed by atoms with Crippen molar-refractivity contribution < 1.29 is 14.3 Å². The molecule has 3 aromatic rings. The largest absolute Gasteiger partial charge is 0.435 e. The summed E-state index contributed by atoms with van der Waals surface area (Å²) in [6.07, 6.45) is 7.32. The van der Waals surface area contributed by atoms with E-state index in [2.05, 4.69) is 54.6 Å². The van der Waals surface area contributed by atoms with Crippen LogP contribution in [-0.2, 0) is 20.0 Å². The number of thioether (sulfide) groups is 1. The Morgan fingerprint density at radius 1 is 0.968 bits per heavy atom. The van der Waals surface area contributed by atoms with Gasteiger partial charge in [-0.3, -0.25) is 4.79 Å². The number of esters is 1. The number of hydrogen-bond acceptors (Lipinski definition) is 4. The summed E-state index contributed by atoms with van der Waals surface area (Å²) >= 11 is 1.59. The lowest BCUT2D eigenvalue weighted by Crippen LogP contribution is -2.21. The van der Waals surface area contributed by atoms with Crippen molar-refractivity contribution in [3.63, 3.8) is 0 Å². The second-order valence-corrected chi connectivity index (χ2v) is 9.58. The predicted molar refractivity (Wildman–Crippen MR) is 130 cm³/mol. The van der Waals surface area contributed by atoms with Gasteiger partial charge in [0.1, 0.15) is 0 Å². The van der Waals surface area contributed by atoms with E-state index < -0.39 is 6.29 Å². The second-order valence-electron chi connectivity index (χ2n) is 8.59. The minimum Gasteiger partial charge on any atom is -0.435 e. The van der Waals surface area contributed by atoms with E-state index in [1.54, 1.807) is 11.8 Å². The number of hydrogen-bond donors (Lipinski definition) is 0. The molecule has 0 bridgehead atoms. The van der Waals surface area contributed by atoms with Crippen LogP contribution in [0.25, 0.3) is 21.5 Å². The van der Waals surface area contributed by atoms with Crippen LogP contribution in [0, 0.1) is 5.92 Å². The van der Waals surface area contributed by atoms with E-state index >= 15 is 0 Å². The summed E-state index contributed by atoms with van der Waals surface area (Å²) in [5.41, 5.74) is 1.22. The zero-order valence-corrected chi connectivity index (χ0v) is 19.2. The van der Waals surface area contributed by atoms with Crippen LogP contribution in [0.15, 0.2) is 54.6 Å². The molecule has 4 heteroatoms. The molecule has 3 aromatic carbocycles. The van der Waals surface area contributed by atoms with Crippen LogP contribution in [0.5, 0.6) is 0 Å². The fourth-order valence-corrected chi connectivity index (χ4v) is 5.21. The first-order valence-electron chi connectivity index (χ1n) is 11.5. The number of fused-ring (bicyclic) bond motifs is 2. The number of carbonyl (C=O) groups is 1.